The number of benzene rings is 1. The minimum atomic E-state index is -0.378. The van der Waals surface area contributed by atoms with Crippen LogP contribution >= 0.6 is 0 Å². The van der Waals surface area contributed by atoms with Crippen molar-refractivity contribution in [3.8, 4) is 0 Å². The van der Waals surface area contributed by atoms with Crippen molar-refractivity contribution < 1.29 is 4.79 Å². The maximum absolute atomic E-state index is 12.2. The van der Waals surface area contributed by atoms with Gasteiger partial charge < -0.3 is 5.32 Å². The van der Waals surface area contributed by atoms with Crippen LogP contribution in [0.1, 0.15) is 20.3 Å². The lowest BCUT2D eigenvalue weighted by atomic mass is 10.2. The third-order valence-electron chi connectivity index (χ3n) is 3.21. The molecule has 2 N–H and O–H groups in total. The minimum Gasteiger partial charge on any atom is -0.352 e. The highest BCUT2D eigenvalue weighted by Gasteiger charge is 2.11. The Balaban J connectivity index is 2.37. The fourth-order valence-electron chi connectivity index (χ4n) is 1.92. The Bertz CT molecular complexity index is 745. The molecular formula is C14H17N3O3. The van der Waals surface area contributed by atoms with Gasteiger partial charge in [-0.2, -0.15) is 0 Å². The first-order valence-electron chi connectivity index (χ1n) is 6.54. The third-order valence-corrected chi connectivity index (χ3v) is 3.21. The molecule has 2 rings (SSSR count). The van der Waals surface area contributed by atoms with Crippen molar-refractivity contribution in [1.29, 1.82) is 0 Å². The second-order valence-corrected chi connectivity index (χ2v) is 4.75. The first-order chi connectivity index (χ1) is 9.52. The van der Waals surface area contributed by atoms with Crippen molar-refractivity contribution in [2.75, 3.05) is 0 Å². The lowest BCUT2D eigenvalue weighted by Gasteiger charge is -2.12. The van der Waals surface area contributed by atoms with Gasteiger partial charge in [-0.3, -0.25) is 19.5 Å². The van der Waals surface area contributed by atoms with Gasteiger partial charge in [0.05, 0.1) is 10.8 Å². The zero-order valence-corrected chi connectivity index (χ0v) is 11.5. The first-order valence-corrected chi connectivity index (χ1v) is 6.54. The summed E-state index contributed by atoms with van der Waals surface area (Å²) in [6, 6.07) is 6.57. The molecule has 6 heteroatoms. The molecule has 0 unspecified atom stereocenters. The maximum Gasteiger partial charge on any atom is 0.273 e. The molecule has 1 aromatic heterocycles. The average molecular weight is 275 g/mol. The van der Waals surface area contributed by atoms with Crippen molar-refractivity contribution in [3.05, 3.63) is 45.0 Å². The van der Waals surface area contributed by atoms with E-state index in [2.05, 4.69) is 10.4 Å². The largest absolute Gasteiger partial charge is 0.352 e. The molecule has 1 aromatic carbocycles. The molecule has 1 atom stereocenters. The summed E-state index contributed by atoms with van der Waals surface area (Å²) in [4.78, 5) is 35.8. The van der Waals surface area contributed by atoms with Crippen LogP contribution in [0.25, 0.3) is 10.8 Å². The molecule has 6 nitrogen and oxygen atoms in total. The van der Waals surface area contributed by atoms with Gasteiger partial charge in [-0.25, -0.2) is 4.68 Å². The molecular weight excluding hydrogens is 258 g/mol. The van der Waals surface area contributed by atoms with Gasteiger partial charge in [-0.15, -0.1) is 0 Å². The van der Waals surface area contributed by atoms with Gasteiger partial charge >= 0.3 is 0 Å². The molecule has 0 bridgehead atoms. The van der Waals surface area contributed by atoms with Crippen LogP contribution in [0.15, 0.2) is 33.9 Å². The van der Waals surface area contributed by atoms with E-state index in [-0.39, 0.29) is 29.6 Å². The Morgan fingerprint density at radius 3 is 2.60 bits per heavy atom. The van der Waals surface area contributed by atoms with E-state index >= 15 is 0 Å². The van der Waals surface area contributed by atoms with Gasteiger partial charge in [0.25, 0.3) is 11.1 Å². The summed E-state index contributed by atoms with van der Waals surface area (Å²) in [5, 5.41) is 5.82. The summed E-state index contributed by atoms with van der Waals surface area (Å²) in [7, 11) is 0. The second kappa shape index (κ2) is 5.73. The van der Waals surface area contributed by atoms with E-state index in [4.69, 9.17) is 0 Å². The second-order valence-electron chi connectivity index (χ2n) is 4.75. The number of nitrogens with zero attached hydrogens (tertiary/aromatic N) is 1. The Morgan fingerprint density at radius 2 is 1.95 bits per heavy atom. The summed E-state index contributed by atoms with van der Waals surface area (Å²) in [5.41, 5.74) is -0.754. The lowest BCUT2D eigenvalue weighted by Crippen LogP contribution is -2.39. The van der Waals surface area contributed by atoms with E-state index in [1.807, 2.05) is 13.8 Å². The van der Waals surface area contributed by atoms with Crippen LogP contribution in [0.4, 0.5) is 0 Å². The van der Waals surface area contributed by atoms with Gasteiger partial charge in [0.1, 0.15) is 6.54 Å². The van der Waals surface area contributed by atoms with E-state index in [1.54, 1.807) is 24.3 Å². The smallest absolute Gasteiger partial charge is 0.273 e. The highest BCUT2D eigenvalue weighted by Crippen LogP contribution is 2.02. The topological polar surface area (TPSA) is 84.0 Å². The fraction of sp³-hybridized carbons (Fsp3) is 0.357. The summed E-state index contributed by atoms with van der Waals surface area (Å²) in [6.07, 6.45) is 0.800. The minimum absolute atomic E-state index is 0.0328. The number of hydrogen-bond donors (Lipinski definition) is 2. The van der Waals surface area contributed by atoms with Gasteiger partial charge in [0.2, 0.25) is 5.91 Å². The third kappa shape index (κ3) is 2.79. The van der Waals surface area contributed by atoms with E-state index in [0.717, 1.165) is 11.1 Å². The van der Waals surface area contributed by atoms with Gasteiger partial charge in [0, 0.05) is 6.04 Å². The maximum atomic E-state index is 12.2. The van der Waals surface area contributed by atoms with Crippen LogP contribution in [0.3, 0.4) is 0 Å². The molecule has 20 heavy (non-hydrogen) atoms. The number of carbonyl (C=O) groups is 1. The van der Waals surface area contributed by atoms with E-state index < -0.39 is 0 Å². The summed E-state index contributed by atoms with van der Waals surface area (Å²) in [6.45, 7) is 3.64. The van der Waals surface area contributed by atoms with E-state index in [1.165, 1.54) is 0 Å². The quantitative estimate of drug-likeness (QED) is 0.857. The van der Waals surface area contributed by atoms with Crippen LogP contribution in [-0.2, 0) is 11.3 Å². The Labute approximate surface area is 115 Å². The Kier molecular flexibility index (Phi) is 4.02. The number of aromatic nitrogens is 2. The molecule has 0 aliphatic heterocycles. The number of rotatable bonds is 4. The van der Waals surface area contributed by atoms with Crippen molar-refractivity contribution in [2.24, 2.45) is 0 Å². The summed E-state index contributed by atoms with van der Waals surface area (Å²) in [5.74, 6) is -0.299. The highest BCUT2D eigenvalue weighted by molar-refractivity contribution is 5.81. The van der Waals surface area contributed by atoms with Crippen molar-refractivity contribution >= 4 is 16.7 Å². The standard InChI is InChI=1S/C14H17N3O3/c1-3-9(2)15-12(18)8-17-14(20)11-7-5-4-6-10(11)13(19)16-17/h4-7,9H,3,8H2,1-2H3,(H,15,18)(H,16,19)/t9-/m0/s1. The molecule has 0 aliphatic rings. The molecule has 0 aliphatic carbocycles. The summed E-state index contributed by atoms with van der Waals surface area (Å²) >= 11 is 0. The van der Waals surface area contributed by atoms with Gasteiger partial charge in [-0.05, 0) is 25.5 Å². The molecule has 0 spiro atoms. The van der Waals surface area contributed by atoms with Crippen molar-refractivity contribution in [2.45, 2.75) is 32.9 Å². The number of nitrogens with one attached hydrogen (secondary N) is 2. The Hall–Kier alpha value is -2.37. The fourth-order valence-corrected chi connectivity index (χ4v) is 1.92. The van der Waals surface area contributed by atoms with Crippen molar-refractivity contribution in [3.63, 3.8) is 0 Å². The predicted octanol–water partition coefficient (Wildman–Crippen LogP) is 0.604. The van der Waals surface area contributed by atoms with Crippen LogP contribution < -0.4 is 16.4 Å². The van der Waals surface area contributed by atoms with Crippen molar-refractivity contribution in [1.82, 2.24) is 15.1 Å². The van der Waals surface area contributed by atoms with E-state index in [9.17, 15) is 14.4 Å². The SMILES string of the molecule is CC[C@H](C)NC(=O)Cn1[nH]c(=O)c2ccccc2c1=O. The number of fused-ring (bicyclic) bond motifs is 1. The number of aromatic amines is 1. The number of H-pyrrole nitrogens is 1. The van der Waals surface area contributed by atoms with E-state index in [0.29, 0.717) is 10.8 Å². The molecule has 1 amide bonds. The number of amides is 1. The van der Waals surface area contributed by atoms with Gasteiger partial charge in [-0.1, -0.05) is 19.1 Å². The lowest BCUT2D eigenvalue weighted by molar-refractivity contribution is -0.122. The predicted molar refractivity (Wildman–Crippen MR) is 76.7 cm³/mol. The number of carbonyl (C=O) groups excluding carboxylic acids is 1. The highest BCUT2D eigenvalue weighted by atomic mass is 16.2. The first kappa shape index (κ1) is 14.0. The van der Waals surface area contributed by atoms with Crippen LogP contribution in [-0.4, -0.2) is 21.7 Å². The zero-order chi connectivity index (χ0) is 14.7. The van der Waals surface area contributed by atoms with Crippen LogP contribution in [0.2, 0.25) is 0 Å². The molecule has 1 heterocycles. The monoisotopic (exact) mass is 275 g/mol. The zero-order valence-electron chi connectivity index (χ0n) is 11.5. The molecule has 2 aromatic rings. The molecule has 0 saturated carbocycles. The molecule has 106 valence electrons. The number of hydrogen-bond acceptors (Lipinski definition) is 3. The van der Waals surface area contributed by atoms with Gasteiger partial charge in [0.15, 0.2) is 0 Å². The molecule has 0 fully saturated rings. The average Bonchev–Trinajstić information content (AvgIpc) is 2.44. The normalized spacial score (nSPS) is 12.3. The molecule has 0 radical (unpaired) electrons. The molecule has 0 saturated heterocycles. The van der Waals surface area contributed by atoms with Crippen LogP contribution in [0.5, 0.6) is 0 Å². The summed E-state index contributed by atoms with van der Waals surface area (Å²) < 4.78 is 1.04. The van der Waals surface area contributed by atoms with Crippen LogP contribution in [0, 0.1) is 0 Å². The Morgan fingerprint density at radius 1 is 1.30 bits per heavy atom.